The molecular weight excluding hydrogens is 180 g/mol. The molecule has 0 heterocycles. The molecule has 0 aromatic heterocycles. The van der Waals surface area contributed by atoms with Crippen LogP contribution in [0, 0.1) is 0 Å². The van der Waals surface area contributed by atoms with Gasteiger partial charge in [0.15, 0.2) is 0 Å². The first-order chi connectivity index (χ1) is 6.36. The third-order valence-electron chi connectivity index (χ3n) is 2.61. The predicted molar refractivity (Wildman–Crippen MR) is 57.1 cm³/mol. The van der Waals surface area contributed by atoms with Gasteiger partial charge in [0, 0.05) is 14.2 Å². The summed E-state index contributed by atoms with van der Waals surface area (Å²) in [7, 11) is 2.22. The summed E-state index contributed by atoms with van der Waals surface area (Å²) in [6.07, 6.45) is 8.92. The molecule has 0 atom stereocenters. The Bertz CT molecular complexity index is 164. The van der Waals surface area contributed by atoms with Gasteiger partial charge in [-0.25, -0.2) is 0 Å². The van der Waals surface area contributed by atoms with Gasteiger partial charge in [0.05, 0.1) is 0 Å². The molecule has 0 amide bonds. The Morgan fingerprint density at radius 2 is 2.08 bits per heavy atom. The Kier molecular flexibility index (Phi) is 5.35. The predicted octanol–water partition coefficient (Wildman–Crippen LogP) is 2.39. The minimum Gasteiger partial charge on any atom is -0.400 e. The molecule has 0 radical (unpaired) electrons. The van der Waals surface area contributed by atoms with Crippen molar-refractivity contribution in [1.29, 1.82) is 0 Å². The SMILES string of the molecule is CO[SiH](CCC1=CCCCC1)OC. The molecule has 1 aliphatic carbocycles. The molecule has 1 rings (SSSR count). The highest BCUT2D eigenvalue weighted by Crippen LogP contribution is 2.22. The van der Waals surface area contributed by atoms with Crippen LogP contribution >= 0.6 is 0 Å². The second-order valence-electron chi connectivity index (χ2n) is 3.55. The van der Waals surface area contributed by atoms with Crippen LogP contribution in [-0.4, -0.2) is 23.5 Å². The summed E-state index contributed by atoms with van der Waals surface area (Å²) in [5, 5.41) is 0. The standard InChI is InChI=1S/C10H20O2Si/c1-11-13(12-2)9-8-10-6-4-3-5-7-10/h6,13H,3-5,7-9H2,1-2H3. The van der Waals surface area contributed by atoms with Gasteiger partial charge in [0.2, 0.25) is 0 Å². The van der Waals surface area contributed by atoms with Crippen molar-refractivity contribution >= 4 is 9.28 Å². The molecule has 13 heavy (non-hydrogen) atoms. The van der Waals surface area contributed by atoms with E-state index in [-0.39, 0.29) is 0 Å². The zero-order valence-corrected chi connectivity index (χ0v) is 9.87. The first-order valence-corrected chi connectivity index (χ1v) is 6.86. The van der Waals surface area contributed by atoms with Gasteiger partial charge < -0.3 is 8.85 Å². The molecule has 0 unspecified atom stereocenters. The fourth-order valence-corrected chi connectivity index (χ4v) is 3.04. The van der Waals surface area contributed by atoms with Crippen LogP contribution in [0.5, 0.6) is 0 Å². The number of hydrogen-bond acceptors (Lipinski definition) is 2. The molecule has 0 fully saturated rings. The van der Waals surface area contributed by atoms with E-state index in [4.69, 9.17) is 8.85 Å². The third-order valence-corrected chi connectivity index (χ3v) is 4.42. The van der Waals surface area contributed by atoms with Crippen molar-refractivity contribution < 1.29 is 8.85 Å². The van der Waals surface area contributed by atoms with Crippen molar-refractivity contribution in [2.75, 3.05) is 14.2 Å². The fraction of sp³-hybridized carbons (Fsp3) is 0.800. The lowest BCUT2D eigenvalue weighted by atomic mass is 9.98. The second kappa shape index (κ2) is 6.35. The van der Waals surface area contributed by atoms with Gasteiger partial charge in [-0.3, -0.25) is 0 Å². The minimum atomic E-state index is -1.30. The molecule has 0 bridgehead atoms. The van der Waals surface area contributed by atoms with Crippen molar-refractivity contribution in [2.45, 2.75) is 38.1 Å². The van der Waals surface area contributed by atoms with Gasteiger partial charge in [-0.2, -0.15) is 0 Å². The van der Waals surface area contributed by atoms with E-state index in [2.05, 4.69) is 6.08 Å². The molecule has 0 aromatic rings. The first kappa shape index (κ1) is 11.0. The van der Waals surface area contributed by atoms with Gasteiger partial charge in [0.25, 0.3) is 0 Å². The molecule has 0 spiro atoms. The molecular formula is C10H20O2Si. The normalized spacial score (nSPS) is 17.6. The van der Waals surface area contributed by atoms with Crippen LogP contribution in [0.4, 0.5) is 0 Å². The lowest BCUT2D eigenvalue weighted by molar-refractivity contribution is 0.277. The average Bonchev–Trinajstić information content (AvgIpc) is 2.21. The maximum Gasteiger partial charge on any atom is 0.321 e. The van der Waals surface area contributed by atoms with E-state index in [1.807, 2.05) is 0 Å². The number of allylic oxidation sites excluding steroid dienone is 2. The minimum absolute atomic E-state index is 1.12. The van der Waals surface area contributed by atoms with Gasteiger partial charge in [-0.05, 0) is 38.1 Å². The summed E-state index contributed by atoms with van der Waals surface area (Å²) in [4.78, 5) is 0. The van der Waals surface area contributed by atoms with E-state index < -0.39 is 9.28 Å². The Balaban J connectivity index is 2.20. The molecule has 0 aliphatic heterocycles. The van der Waals surface area contributed by atoms with E-state index in [0.717, 1.165) is 6.04 Å². The van der Waals surface area contributed by atoms with E-state index in [9.17, 15) is 0 Å². The smallest absolute Gasteiger partial charge is 0.321 e. The average molecular weight is 200 g/mol. The van der Waals surface area contributed by atoms with E-state index >= 15 is 0 Å². The maximum atomic E-state index is 5.28. The lowest BCUT2D eigenvalue weighted by Gasteiger charge is -2.15. The van der Waals surface area contributed by atoms with Crippen LogP contribution in [0.2, 0.25) is 6.04 Å². The van der Waals surface area contributed by atoms with Crippen LogP contribution in [0.1, 0.15) is 32.1 Å². The molecule has 3 heteroatoms. The highest BCUT2D eigenvalue weighted by Gasteiger charge is 2.11. The largest absolute Gasteiger partial charge is 0.400 e. The van der Waals surface area contributed by atoms with Crippen molar-refractivity contribution in [2.24, 2.45) is 0 Å². The summed E-state index contributed by atoms with van der Waals surface area (Å²) in [6.45, 7) is 0. The van der Waals surface area contributed by atoms with Crippen LogP contribution in [0.3, 0.4) is 0 Å². The Hall–Kier alpha value is -0.123. The van der Waals surface area contributed by atoms with Crippen molar-refractivity contribution in [3.05, 3.63) is 11.6 Å². The molecule has 76 valence electrons. The van der Waals surface area contributed by atoms with Gasteiger partial charge in [0.1, 0.15) is 0 Å². The molecule has 0 saturated heterocycles. The summed E-state index contributed by atoms with van der Waals surface area (Å²) in [6, 6.07) is 1.12. The zero-order chi connectivity index (χ0) is 9.52. The van der Waals surface area contributed by atoms with E-state index in [1.165, 1.54) is 32.1 Å². The molecule has 0 N–H and O–H groups in total. The summed E-state index contributed by atoms with van der Waals surface area (Å²) >= 11 is 0. The summed E-state index contributed by atoms with van der Waals surface area (Å²) in [5.74, 6) is 0. The highest BCUT2D eigenvalue weighted by atomic mass is 28.3. The third kappa shape index (κ3) is 4.07. The monoisotopic (exact) mass is 200 g/mol. The van der Waals surface area contributed by atoms with Crippen molar-refractivity contribution in [3.8, 4) is 0 Å². The van der Waals surface area contributed by atoms with Gasteiger partial charge in [-0.15, -0.1) is 0 Å². The first-order valence-electron chi connectivity index (χ1n) is 5.10. The van der Waals surface area contributed by atoms with Crippen LogP contribution in [-0.2, 0) is 8.85 Å². The van der Waals surface area contributed by atoms with Crippen molar-refractivity contribution in [1.82, 2.24) is 0 Å². The Labute approximate surface area is 82.8 Å². The summed E-state index contributed by atoms with van der Waals surface area (Å²) in [5.41, 5.74) is 1.62. The highest BCUT2D eigenvalue weighted by molar-refractivity contribution is 6.44. The van der Waals surface area contributed by atoms with E-state index in [0.29, 0.717) is 0 Å². The van der Waals surface area contributed by atoms with Crippen LogP contribution in [0.25, 0.3) is 0 Å². The molecule has 0 saturated carbocycles. The number of hydrogen-bond donors (Lipinski definition) is 0. The van der Waals surface area contributed by atoms with Crippen LogP contribution in [0.15, 0.2) is 11.6 Å². The number of rotatable bonds is 5. The van der Waals surface area contributed by atoms with Gasteiger partial charge >= 0.3 is 9.28 Å². The van der Waals surface area contributed by atoms with Crippen LogP contribution < -0.4 is 0 Å². The van der Waals surface area contributed by atoms with Crippen molar-refractivity contribution in [3.63, 3.8) is 0 Å². The zero-order valence-electron chi connectivity index (χ0n) is 8.71. The lowest BCUT2D eigenvalue weighted by Crippen LogP contribution is -2.18. The van der Waals surface area contributed by atoms with Gasteiger partial charge in [-0.1, -0.05) is 11.6 Å². The molecule has 0 aromatic carbocycles. The summed E-state index contributed by atoms with van der Waals surface area (Å²) < 4.78 is 10.6. The fourth-order valence-electron chi connectivity index (χ4n) is 1.77. The second-order valence-corrected chi connectivity index (χ2v) is 5.93. The quantitative estimate of drug-likeness (QED) is 0.501. The van der Waals surface area contributed by atoms with E-state index in [1.54, 1.807) is 19.8 Å². The topological polar surface area (TPSA) is 18.5 Å². The maximum absolute atomic E-state index is 5.28. The molecule has 2 nitrogen and oxygen atoms in total. The Morgan fingerprint density at radius 3 is 2.62 bits per heavy atom. The Morgan fingerprint density at radius 1 is 1.31 bits per heavy atom. The molecule has 1 aliphatic rings.